The second-order valence-corrected chi connectivity index (χ2v) is 8.17. The van der Waals surface area contributed by atoms with Crippen LogP contribution in [-0.2, 0) is 4.79 Å². The number of aromatic nitrogens is 2. The highest BCUT2D eigenvalue weighted by Gasteiger charge is 2.42. The molecule has 11 heteroatoms. The number of anilines is 2. The van der Waals surface area contributed by atoms with Crippen LogP contribution >= 0.6 is 11.8 Å². The highest BCUT2D eigenvalue weighted by atomic mass is 32.2. The fourth-order valence-electron chi connectivity index (χ4n) is 3.64. The third kappa shape index (κ3) is 5.62. The molecule has 0 saturated carbocycles. The lowest BCUT2D eigenvalue weighted by molar-refractivity contribution is -0.130. The highest BCUT2D eigenvalue weighted by Crippen LogP contribution is 2.32. The molecule has 2 heterocycles. The molecule has 0 saturated heterocycles. The van der Waals surface area contributed by atoms with Crippen LogP contribution in [0.5, 0.6) is 0 Å². The molecular weight excluding hydrogens is 469 g/mol. The van der Waals surface area contributed by atoms with Gasteiger partial charge >= 0.3 is 0 Å². The Morgan fingerprint density at radius 2 is 2.09 bits per heavy atom. The number of carbonyl (C=O) groups excluding carboxylic acids is 2. The van der Waals surface area contributed by atoms with E-state index >= 15 is 0 Å². The minimum Gasteiger partial charge on any atom is -0.359 e. The molecule has 1 aliphatic carbocycles. The molecule has 182 valence electrons. The zero-order chi connectivity index (χ0) is 25.4. The van der Waals surface area contributed by atoms with Gasteiger partial charge in [0.1, 0.15) is 29.2 Å². The third-order valence-corrected chi connectivity index (χ3v) is 5.84. The summed E-state index contributed by atoms with van der Waals surface area (Å²) in [4.78, 5) is 40.0. The topological polar surface area (TPSA) is 123 Å². The zero-order valence-corrected chi connectivity index (χ0v) is 20.1. The number of hydrogen-bond acceptors (Lipinski definition) is 8. The Balaban J connectivity index is 2.07. The van der Waals surface area contributed by atoms with Gasteiger partial charge in [0.05, 0.1) is 24.0 Å². The number of hydrogen-bond donors (Lipinski definition) is 3. The van der Waals surface area contributed by atoms with Gasteiger partial charge in [-0.15, -0.1) is 0 Å². The number of aliphatic imine (C=N–C) groups is 1. The molecule has 1 aromatic rings. The first-order chi connectivity index (χ1) is 17.0. The molecule has 0 spiro atoms. The fourth-order valence-corrected chi connectivity index (χ4v) is 4.00. The molecule has 3 atom stereocenters. The van der Waals surface area contributed by atoms with Gasteiger partial charge in [-0.05, 0) is 24.8 Å². The first-order valence-corrected chi connectivity index (χ1v) is 12.0. The van der Waals surface area contributed by atoms with Gasteiger partial charge in [-0.25, -0.2) is 14.4 Å². The molecule has 0 bridgehead atoms. The Morgan fingerprint density at radius 1 is 1.31 bits per heavy atom. The Hall–Kier alpha value is -3.86. The number of amidine groups is 1. The van der Waals surface area contributed by atoms with Gasteiger partial charge in [0, 0.05) is 6.20 Å². The van der Waals surface area contributed by atoms with Crippen molar-refractivity contribution in [3.05, 3.63) is 66.7 Å². The quantitative estimate of drug-likeness (QED) is 0.105. The second kappa shape index (κ2) is 12.0. The standard InChI is InChI=1S/C24H26FN7O2S/c1-4-6-7-8-12-32-22(29-18-11-9-10-16(25)19(18)23(32)34)17(5-2)28-21-15(13-33)20(27-14-26)30-24(31-21)35-3/h4,6-14,17-19H,1,5H2,2-3H3,(H3,26,27,28,30,31)/b7-6-,12-8+. The summed E-state index contributed by atoms with van der Waals surface area (Å²) in [5.41, 5.74) is 0.132. The number of allylic oxidation sites excluding steroid dienone is 6. The summed E-state index contributed by atoms with van der Waals surface area (Å²) >= 11 is 1.27. The maximum atomic E-state index is 14.6. The van der Waals surface area contributed by atoms with Crippen LogP contribution in [0.15, 0.2) is 71.3 Å². The largest absolute Gasteiger partial charge is 0.359 e. The van der Waals surface area contributed by atoms with Crippen LogP contribution < -0.4 is 10.6 Å². The summed E-state index contributed by atoms with van der Waals surface area (Å²) in [7, 11) is 0. The van der Waals surface area contributed by atoms with Crippen molar-refractivity contribution in [2.75, 3.05) is 16.9 Å². The van der Waals surface area contributed by atoms with Crippen LogP contribution in [0.3, 0.4) is 0 Å². The smallest absolute Gasteiger partial charge is 0.244 e. The van der Waals surface area contributed by atoms with Crippen molar-refractivity contribution >= 4 is 47.8 Å². The molecule has 3 rings (SSSR count). The molecule has 2 aliphatic rings. The molecule has 35 heavy (non-hydrogen) atoms. The minimum atomic E-state index is -1.04. The van der Waals surface area contributed by atoms with E-state index in [1.165, 1.54) is 28.9 Å². The second-order valence-electron chi connectivity index (χ2n) is 7.40. The van der Waals surface area contributed by atoms with Crippen LogP contribution in [-0.4, -0.2) is 57.6 Å². The van der Waals surface area contributed by atoms with Crippen molar-refractivity contribution in [3.8, 4) is 0 Å². The van der Waals surface area contributed by atoms with E-state index < -0.39 is 29.7 Å². The molecule has 1 aliphatic heterocycles. The summed E-state index contributed by atoms with van der Waals surface area (Å²) in [6, 6.07) is -1.23. The van der Waals surface area contributed by atoms with E-state index in [1.807, 2.05) is 6.92 Å². The molecule has 1 aromatic heterocycles. The number of aldehydes is 1. The van der Waals surface area contributed by atoms with Gasteiger partial charge in [-0.2, -0.15) is 0 Å². The number of nitrogens with zero attached hydrogens (tertiary/aromatic N) is 4. The normalized spacial score (nSPS) is 20.3. The van der Waals surface area contributed by atoms with E-state index in [9.17, 15) is 14.0 Å². The van der Waals surface area contributed by atoms with Crippen molar-refractivity contribution in [1.29, 1.82) is 5.41 Å². The Kier molecular flexibility index (Phi) is 8.85. The van der Waals surface area contributed by atoms with Gasteiger partial charge in [0.2, 0.25) is 5.91 Å². The van der Waals surface area contributed by atoms with Crippen LogP contribution in [0.2, 0.25) is 0 Å². The van der Waals surface area contributed by atoms with Crippen molar-refractivity contribution < 1.29 is 14.0 Å². The Morgan fingerprint density at radius 3 is 2.74 bits per heavy atom. The number of nitrogens with one attached hydrogen (secondary N) is 3. The predicted octanol–water partition coefficient (Wildman–Crippen LogP) is 4.13. The number of carbonyl (C=O) groups is 2. The summed E-state index contributed by atoms with van der Waals surface area (Å²) in [6.07, 6.45) is 16.4. The summed E-state index contributed by atoms with van der Waals surface area (Å²) in [5, 5.41) is 13.6. The van der Waals surface area contributed by atoms with Gasteiger partial charge < -0.3 is 10.6 Å². The van der Waals surface area contributed by atoms with Crippen LogP contribution in [0.25, 0.3) is 0 Å². The summed E-state index contributed by atoms with van der Waals surface area (Å²) in [5.74, 6) is -1.25. The molecule has 9 nitrogen and oxygen atoms in total. The van der Waals surface area contributed by atoms with E-state index in [1.54, 1.807) is 42.7 Å². The van der Waals surface area contributed by atoms with Crippen LogP contribution in [0.4, 0.5) is 16.0 Å². The number of fused-ring (bicyclic) bond motifs is 1. The molecule has 1 amide bonds. The molecule has 0 radical (unpaired) electrons. The van der Waals surface area contributed by atoms with Crippen molar-refractivity contribution in [1.82, 2.24) is 14.9 Å². The average Bonchev–Trinajstić information content (AvgIpc) is 2.86. The summed E-state index contributed by atoms with van der Waals surface area (Å²) < 4.78 is 14.6. The highest BCUT2D eigenvalue weighted by molar-refractivity contribution is 7.98. The minimum absolute atomic E-state index is 0.132. The molecule has 0 fully saturated rings. The third-order valence-electron chi connectivity index (χ3n) is 5.29. The van der Waals surface area contributed by atoms with Crippen LogP contribution in [0.1, 0.15) is 23.7 Å². The molecular formula is C24H26FN7O2S. The zero-order valence-electron chi connectivity index (χ0n) is 19.3. The molecule has 0 aromatic carbocycles. The van der Waals surface area contributed by atoms with Gasteiger partial charge in [0.25, 0.3) is 0 Å². The monoisotopic (exact) mass is 495 g/mol. The number of amides is 1. The van der Waals surface area contributed by atoms with Gasteiger partial charge in [-0.1, -0.05) is 55.6 Å². The lowest BCUT2D eigenvalue weighted by Gasteiger charge is -2.37. The van der Waals surface area contributed by atoms with Gasteiger partial charge in [0.15, 0.2) is 11.4 Å². The van der Waals surface area contributed by atoms with E-state index in [0.29, 0.717) is 23.7 Å². The van der Waals surface area contributed by atoms with Crippen molar-refractivity contribution in [2.45, 2.75) is 30.6 Å². The maximum absolute atomic E-state index is 14.6. The van der Waals surface area contributed by atoms with Crippen molar-refractivity contribution in [2.24, 2.45) is 10.9 Å². The molecule has 3 N–H and O–H groups in total. The van der Waals surface area contributed by atoms with E-state index in [2.05, 4.69) is 27.2 Å². The number of thioether (sulfide) groups is 1. The predicted molar refractivity (Wildman–Crippen MR) is 138 cm³/mol. The lowest BCUT2D eigenvalue weighted by atomic mass is 9.90. The van der Waals surface area contributed by atoms with E-state index in [4.69, 9.17) is 10.4 Å². The first-order valence-electron chi connectivity index (χ1n) is 10.8. The van der Waals surface area contributed by atoms with E-state index in [0.717, 1.165) is 6.34 Å². The number of rotatable bonds is 11. The fraction of sp³-hybridized carbons (Fsp3) is 0.250. The summed E-state index contributed by atoms with van der Waals surface area (Å²) in [6.45, 7) is 5.51. The lowest BCUT2D eigenvalue weighted by Crippen LogP contribution is -2.52. The SMILES string of the molecule is C=C/C=C\C=C\N1C(=O)C2C(F)=CC=CC2N=C1C(CC)Nc1nc(SC)nc(NC=N)c1C=O. The van der Waals surface area contributed by atoms with Gasteiger partial charge in [-0.3, -0.25) is 24.9 Å². The average molecular weight is 496 g/mol. The number of halogens is 1. The maximum Gasteiger partial charge on any atom is 0.244 e. The first kappa shape index (κ1) is 25.8. The Labute approximate surface area is 207 Å². The van der Waals surface area contributed by atoms with E-state index in [-0.39, 0.29) is 17.2 Å². The molecule has 3 unspecified atom stereocenters. The van der Waals surface area contributed by atoms with Crippen LogP contribution in [0, 0.1) is 11.3 Å². The van der Waals surface area contributed by atoms with Crippen molar-refractivity contribution in [3.63, 3.8) is 0 Å². The Bertz CT molecular complexity index is 1160.